The van der Waals surface area contributed by atoms with Crippen molar-refractivity contribution in [2.75, 3.05) is 0 Å². The summed E-state index contributed by atoms with van der Waals surface area (Å²) in [5.41, 5.74) is 1.38. The number of fused-ring (bicyclic) bond motifs is 1. The molecule has 3 aromatic rings. The Balaban J connectivity index is 1.91. The van der Waals surface area contributed by atoms with Gasteiger partial charge in [-0.15, -0.1) is 0 Å². The summed E-state index contributed by atoms with van der Waals surface area (Å²) in [6, 6.07) is 14.3. The Morgan fingerprint density at radius 3 is 2.58 bits per heavy atom. The molecular weight excluding hydrogens is 398 g/mol. The van der Waals surface area contributed by atoms with Gasteiger partial charge in [-0.3, -0.25) is 14.8 Å². The van der Waals surface area contributed by atoms with Crippen molar-refractivity contribution < 1.29 is 5.11 Å². The lowest BCUT2D eigenvalue weighted by Gasteiger charge is -2.10. The fraction of sp³-hybridized carbons (Fsp3) is 0. The highest BCUT2D eigenvalue weighted by molar-refractivity contribution is 9.10. The highest BCUT2D eigenvalue weighted by Crippen LogP contribution is 2.32. The number of nitrogens with zero attached hydrogens (tertiary/aromatic N) is 2. The molecule has 1 aliphatic heterocycles. The van der Waals surface area contributed by atoms with E-state index in [1.165, 1.54) is 6.08 Å². The average Bonchev–Trinajstić information content (AvgIpc) is 3.03. The molecule has 2 heterocycles. The van der Waals surface area contributed by atoms with E-state index in [0.717, 1.165) is 20.3 Å². The topological polar surface area (TPSA) is 87.5 Å². The molecule has 1 aromatic heterocycles. The van der Waals surface area contributed by atoms with Crippen LogP contribution in [0.4, 0.5) is 5.69 Å². The van der Waals surface area contributed by atoms with Gasteiger partial charge in [0.15, 0.2) is 0 Å². The fourth-order valence-corrected chi connectivity index (χ4v) is 3.07. The number of allylic oxidation sites excluding steroid dienone is 1. The highest BCUT2D eigenvalue weighted by atomic mass is 79.9. The van der Waals surface area contributed by atoms with E-state index in [1.54, 1.807) is 30.5 Å². The van der Waals surface area contributed by atoms with Crippen LogP contribution in [-0.4, -0.2) is 20.9 Å². The largest absolute Gasteiger partial charge is 0.494 e. The van der Waals surface area contributed by atoms with Crippen molar-refractivity contribution in [2.45, 2.75) is 0 Å². The lowest BCUT2D eigenvalue weighted by atomic mass is 10.1. The Morgan fingerprint density at radius 2 is 1.81 bits per heavy atom. The third-order valence-corrected chi connectivity index (χ3v) is 4.59. The number of aromatic amines is 1. The van der Waals surface area contributed by atoms with Crippen molar-refractivity contribution in [1.29, 1.82) is 0 Å². The van der Waals surface area contributed by atoms with Crippen LogP contribution in [0.3, 0.4) is 0 Å². The van der Waals surface area contributed by atoms with Crippen molar-refractivity contribution in [3.8, 4) is 11.6 Å². The summed E-state index contributed by atoms with van der Waals surface area (Å²) in [7, 11) is 0. The van der Waals surface area contributed by atoms with E-state index in [0.29, 0.717) is 11.3 Å². The predicted molar refractivity (Wildman–Crippen MR) is 104 cm³/mol. The maximum atomic E-state index is 12.3. The second-order valence-corrected chi connectivity index (χ2v) is 6.60. The molecule has 0 atom stereocenters. The van der Waals surface area contributed by atoms with Crippen LogP contribution in [0.25, 0.3) is 17.3 Å². The van der Waals surface area contributed by atoms with Crippen LogP contribution in [0.2, 0.25) is 0 Å². The molecule has 4 rings (SSSR count). The Labute approximate surface area is 155 Å². The van der Waals surface area contributed by atoms with Crippen molar-refractivity contribution >= 4 is 39.5 Å². The summed E-state index contributed by atoms with van der Waals surface area (Å²) >= 11 is 3.32. The number of halogens is 1. The van der Waals surface area contributed by atoms with Crippen LogP contribution in [-0.2, 0) is 0 Å². The number of H-pyrrole nitrogens is 1. The smallest absolute Gasteiger partial charge is 0.335 e. The van der Waals surface area contributed by atoms with Crippen LogP contribution in [0, 0.1) is 0 Å². The third-order valence-electron chi connectivity index (χ3n) is 4.06. The summed E-state index contributed by atoms with van der Waals surface area (Å²) in [5, 5.41) is 10.6. The van der Waals surface area contributed by atoms with E-state index >= 15 is 0 Å². The Hall–Kier alpha value is -3.19. The number of aromatic hydroxyl groups is 1. The standard InChI is InChI=1S/C19H12BrN3O3/c20-12-5-7-13(8-6-12)23-18(25)15(17(24)22-19(23)26)9-11-10-21-16-4-2-1-3-14(11)16/h1-10,25H,(H,22,24,26). The minimum atomic E-state index is -0.711. The predicted octanol–water partition coefficient (Wildman–Crippen LogP) is 3.25. The molecule has 0 unspecified atom stereocenters. The van der Waals surface area contributed by atoms with Gasteiger partial charge in [-0.2, -0.15) is 0 Å². The number of nitrogens with one attached hydrogen (secondary N) is 1. The summed E-state index contributed by atoms with van der Waals surface area (Å²) in [4.78, 5) is 31.0. The summed E-state index contributed by atoms with van der Waals surface area (Å²) in [6.07, 6.45) is 3.15. The van der Waals surface area contributed by atoms with Crippen molar-refractivity contribution in [2.24, 2.45) is 4.99 Å². The molecule has 7 heteroatoms. The highest BCUT2D eigenvalue weighted by Gasteiger charge is 2.17. The first kappa shape index (κ1) is 16.3. The van der Waals surface area contributed by atoms with Gasteiger partial charge in [0.2, 0.25) is 5.88 Å². The van der Waals surface area contributed by atoms with Gasteiger partial charge < -0.3 is 5.11 Å². The van der Waals surface area contributed by atoms with Gasteiger partial charge >= 0.3 is 5.69 Å². The Kier molecular flexibility index (Phi) is 3.93. The number of hydrogen-bond donors (Lipinski definition) is 2. The molecule has 6 nitrogen and oxygen atoms in total. The summed E-state index contributed by atoms with van der Waals surface area (Å²) in [6.45, 7) is 0. The monoisotopic (exact) mass is 409 g/mol. The van der Waals surface area contributed by atoms with Gasteiger partial charge in [-0.1, -0.05) is 34.1 Å². The second kappa shape index (κ2) is 6.27. The van der Waals surface area contributed by atoms with Crippen molar-refractivity contribution in [1.82, 2.24) is 9.55 Å². The minimum Gasteiger partial charge on any atom is -0.494 e. The Morgan fingerprint density at radius 1 is 1.08 bits per heavy atom. The van der Waals surface area contributed by atoms with Crippen molar-refractivity contribution in [3.05, 3.63) is 85.0 Å². The molecule has 0 fully saturated rings. The molecule has 0 amide bonds. The van der Waals surface area contributed by atoms with Gasteiger partial charge in [0.1, 0.15) is 5.56 Å². The van der Waals surface area contributed by atoms with Crippen LogP contribution in [0.5, 0.6) is 5.88 Å². The van der Waals surface area contributed by atoms with E-state index in [9.17, 15) is 14.7 Å². The quantitative estimate of drug-likeness (QED) is 0.680. The Bertz CT molecular complexity index is 1190. The van der Waals surface area contributed by atoms with Crippen LogP contribution in [0.15, 0.2) is 67.6 Å². The maximum Gasteiger partial charge on any atom is 0.335 e. The SMILES string of the molecule is O=c1[nH]c(=O)n(-c2ccc(Br)cc2)c(O)c1C=C1C=Nc2ccccc21. The normalized spacial score (nSPS) is 14.0. The summed E-state index contributed by atoms with van der Waals surface area (Å²) in [5.74, 6) is -0.425. The van der Waals surface area contributed by atoms with Crippen molar-refractivity contribution in [3.63, 3.8) is 0 Å². The van der Waals surface area contributed by atoms with E-state index < -0.39 is 17.1 Å². The van der Waals surface area contributed by atoms with E-state index in [-0.39, 0.29) is 5.56 Å². The zero-order chi connectivity index (χ0) is 18.3. The lowest BCUT2D eigenvalue weighted by Crippen LogP contribution is -2.30. The van der Waals surface area contributed by atoms with E-state index in [1.807, 2.05) is 24.3 Å². The molecule has 0 bridgehead atoms. The molecule has 2 N–H and O–H groups in total. The first-order valence-corrected chi connectivity index (χ1v) is 8.53. The molecule has 2 aromatic carbocycles. The number of hydrogen-bond acceptors (Lipinski definition) is 4. The van der Waals surface area contributed by atoms with Crippen LogP contribution >= 0.6 is 15.9 Å². The van der Waals surface area contributed by atoms with Gasteiger partial charge in [-0.25, -0.2) is 9.36 Å². The average molecular weight is 410 g/mol. The minimum absolute atomic E-state index is 0.00864. The molecule has 0 saturated carbocycles. The van der Waals surface area contributed by atoms with E-state index in [2.05, 4.69) is 25.9 Å². The molecule has 128 valence electrons. The lowest BCUT2D eigenvalue weighted by molar-refractivity contribution is 0.429. The zero-order valence-corrected chi connectivity index (χ0v) is 14.9. The number of aliphatic imine (C=N–C) groups is 1. The first-order chi connectivity index (χ1) is 12.5. The molecule has 1 aliphatic rings. The van der Waals surface area contributed by atoms with Crippen LogP contribution < -0.4 is 11.2 Å². The molecule has 0 aliphatic carbocycles. The zero-order valence-electron chi connectivity index (χ0n) is 13.3. The maximum absolute atomic E-state index is 12.3. The third kappa shape index (κ3) is 2.72. The number of benzene rings is 2. The number of para-hydroxylation sites is 1. The van der Waals surface area contributed by atoms with Crippen LogP contribution in [0.1, 0.15) is 11.1 Å². The second-order valence-electron chi connectivity index (χ2n) is 5.68. The summed E-state index contributed by atoms with van der Waals surface area (Å²) < 4.78 is 1.89. The first-order valence-electron chi connectivity index (χ1n) is 7.74. The van der Waals surface area contributed by atoms with Gasteiger partial charge in [0.25, 0.3) is 5.56 Å². The van der Waals surface area contributed by atoms with E-state index in [4.69, 9.17) is 0 Å². The van der Waals surface area contributed by atoms with Gasteiger partial charge in [0.05, 0.1) is 11.4 Å². The molecule has 26 heavy (non-hydrogen) atoms. The van der Waals surface area contributed by atoms with Gasteiger partial charge in [0, 0.05) is 21.8 Å². The van der Waals surface area contributed by atoms with Gasteiger partial charge in [-0.05, 0) is 36.4 Å². The fourth-order valence-electron chi connectivity index (χ4n) is 2.81. The number of aromatic nitrogens is 2. The molecular formula is C19H12BrN3O3. The number of rotatable bonds is 2. The molecule has 0 saturated heterocycles. The molecule has 0 spiro atoms. The molecule has 0 radical (unpaired) electrons.